The average Bonchev–Trinajstić information content (AvgIpc) is 2.90. The second kappa shape index (κ2) is 5.93. The zero-order chi connectivity index (χ0) is 15.5. The molecule has 0 aliphatic rings. The van der Waals surface area contributed by atoms with Crippen molar-refractivity contribution in [2.24, 2.45) is 0 Å². The third kappa shape index (κ3) is 2.81. The largest absolute Gasteiger partial charge is 0.292 e. The number of hydrogen-bond donors (Lipinski definition) is 0. The van der Waals surface area contributed by atoms with Gasteiger partial charge in [-0.05, 0) is 31.5 Å². The minimum atomic E-state index is -0.00900. The van der Waals surface area contributed by atoms with Gasteiger partial charge in [-0.2, -0.15) is 0 Å². The molecule has 4 nitrogen and oxygen atoms in total. The molecule has 0 N–H and O–H groups in total. The first kappa shape index (κ1) is 14.2. The van der Waals surface area contributed by atoms with Crippen molar-refractivity contribution in [2.45, 2.75) is 20.3 Å². The van der Waals surface area contributed by atoms with Crippen LogP contribution in [0.5, 0.6) is 0 Å². The molecule has 0 aliphatic heterocycles. The van der Waals surface area contributed by atoms with Gasteiger partial charge in [-0.3, -0.25) is 4.79 Å². The van der Waals surface area contributed by atoms with E-state index in [0.717, 1.165) is 22.5 Å². The van der Waals surface area contributed by atoms with Crippen LogP contribution in [-0.4, -0.2) is 20.8 Å². The van der Waals surface area contributed by atoms with Crippen molar-refractivity contribution in [2.75, 3.05) is 0 Å². The van der Waals surface area contributed by atoms with Crippen LogP contribution in [0.1, 0.15) is 27.3 Å². The Morgan fingerprint density at radius 1 is 1.05 bits per heavy atom. The minimum absolute atomic E-state index is 0.00900. The molecule has 0 radical (unpaired) electrons. The van der Waals surface area contributed by atoms with Gasteiger partial charge in [0.2, 0.25) is 0 Å². The number of Topliss-reactive ketones (excluding diaryl/α,β-unsaturated/α-hetero) is 1. The summed E-state index contributed by atoms with van der Waals surface area (Å²) in [6.07, 6.45) is 0.343. The Balaban J connectivity index is 1.87. The molecule has 1 aromatic heterocycles. The van der Waals surface area contributed by atoms with Crippen LogP contribution in [0, 0.1) is 13.8 Å². The highest BCUT2D eigenvalue weighted by atomic mass is 16.1. The van der Waals surface area contributed by atoms with E-state index in [1.165, 1.54) is 0 Å². The van der Waals surface area contributed by atoms with E-state index < -0.39 is 0 Å². The fraction of sp³-hybridized carbons (Fsp3) is 0.167. The average molecular weight is 291 g/mol. The van der Waals surface area contributed by atoms with E-state index >= 15 is 0 Å². The summed E-state index contributed by atoms with van der Waals surface area (Å²) in [6, 6.07) is 17.7. The molecule has 0 saturated carbocycles. The highest BCUT2D eigenvalue weighted by Gasteiger charge is 2.17. The van der Waals surface area contributed by atoms with Crippen molar-refractivity contribution in [3.05, 3.63) is 77.1 Å². The van der Waals surface area contributed by atoms with Crippen molar-refractivity contribution < 1.29 is 4.79 Å². The maximum atomic E-state index is 12.5. The maximum Gasteiger partial charge on any atom is 0.189 e. The predicted molar refractivity (Wildman–Crippen MR) is 85.3 cm³/mol. The molecule has 0 saturated heterocycles. The summed E-state index contributed by atoms with van der Waals surface area (Å²) in [5, 5.41) is 8.19. The zero-order valence-electron chi connectivity index (χ0n) is 12.7. The first-order valence-corrected chi connectivity index (χ1v) is 7.21. The standard InChI is InChI=1S/C18H17N3O/c1-13-7-6-8-15(11-13)12-17(22)18-14(2)21(20-19-18)16-9-4-3-5-10-16/h3-11H,12H2,1-2H3. The monoisotopic (exact) mass is 291 g/mol. The van der Waals surface area contributed by atoms with Crippen LogP contribution >= 0.6 is 0 Å². The summed E-state index contributed by atoms with van der Waals surface area (Å²) in [7, 11) is 0. The molecular weight excluding hydrogens is 274 g/mol. The van der Waals surface area contributed by atoms with Gasteiger partial charge in [-0.1, -0.05) is 53.2 Å². The molecule has 0 spiro atoms. The molecule has 22 heavy (non-hydrogen) atoms. The number of rotatable bonds is 4. The lowest BCUT2D eigenvalue weighted by Crippen LogP contribution is -2.07. The number of hydrogen-bond acceptors (Lipinski definition) is 3. The third-order valence-electron chi connectivity index (χ3n) is 3.61. The van der Waals surface area contributed by atoms with Gasteiger partial charge in [0.05, 0.1) is 11.4 Å². The second-order valence-electron chi connectivity index (χ2n) is 5.36. The van der Waals surface area contributed by atoms with Gasteiger partial charge in [0.1, 0.15) is 0 Å². The van der Waals surface area contributed by atoms with E-state index in [2.05, 4.69) is 10.3 Å². The van der Waals surface area contributed by atoms with Crippen molar-refractivity contribution in [3.8, 4) is 5.69 Å². The molecule has 0 aliphatic carbocycles. The van der Waals surface area contributed by atoms with Gasteiger partial charge in [-0.15, -0.1) is 5.10 Å². The highest BCUT2D eigenvalue weighted by Crippen LogP contribution is 2.14. The molecule has 2 aromatic carbocycles. The number of para-hydroxylation sites is 1. The summed E-state index contributed by atoms with van der Waals surface area (Å²) >= 11 is 0. The molecule has 0 amide bonds. The number of benzene rings is 2. The van der Waals surface area contributed by atoms with E-state index in [9.17, 15) is 4.79 Å². The molecule has 0 atom stereocenters. The van der Waals surface area contributed by atoms with Crippen LogP contribution in [0.4, 0.5) is 0 Å². The maximum absolute atomic E-state index is 12.5. The number of nitrogens with zero attached hydrogens (tertiary/aromatic N) is 3. The molecule has 4 heteroatoms. The predicted octanol–water partition coefficient (Wildman–Crippen LogP) is 3.31. The van der Waals surface area contributed by atoms with Crippen molar-refractivity contribution in [1.29, 1.82) is 0 Å². The molecule has 0 bridgehead atoms. The van der Waals surface area contributed by atoms with Gasteiger partial charge < -0.3 is 0 Å². The van der Waals surface area contributed by atoms with Crippen LogP contribution < -0.4 is 0 Å². The SMILES string of the molecule is Cc1cccc(CC(=O)c2nnn(-c3ccccc3)c2C)c1. The normalized spacial score (nSPS) is 10.6. The lowest BCUT2D eigenvalue weighted by molar-refractivity contribution is 0.0987. The molecule has 0 unspecified atom stereocenters. The number of carbonyl (C=O) groups excluding carboxylic acids is 1. The lowest BCUT2D eigenvalue weighted by atomic mass is 10.0. The Bertz CT molecular complexity index is 806. The van der Waals surface area contributed by atoms with Crippen LogP contribution in [0.3, 0.4) is 0 Å². The quantitative estimate of drug-likeness (QED) is 0.693. The van der Waals surface area contributed by atoms with Crippen molar-refractivity contribution >= 4 is 5.78 Å². The molecule has 3 aromatic rings. The zero-order valence-corrected chi connectivity index (χ0v) is 12.7. The van der Waals surface area contributed by atoms with Crippen molar-refractivity contribution in [3.63, 3.8) is 0 Å². The Morgan fingerprint density at radius 3 is 2.55 bits per heavy atom. The van der Waals surface area contributed by atoms with E-state index in [1.807, 2.05) is 68.4 Å². The number of carbonyl (C=O) groups is 1. The van der Waals surface area contributed by atoms with Gasteiger partial charge in [-0.25, -0.2) is 4.68 Å². The van der Waals surface area contributed by atoms with E-state index in [1.54, 1.807) is 4.68 Å². The number of ketones is 1. The molecule has 1 heterocycles. The molecule has 110 valence electrons. The topological polar surface area (TPSA) is 47.8 Å². The second-order valence-corrected chi connectivity index (χ2v) is 5.36. The fourth-order valence-corrected chi connectivity index (χ4v) is 2.49. The van der Waals surface area contributed by atoms with E-state index in [-0.39, 0.29) is 5.78 Å². The smallest absolute Gasteiger partial charge is 0.189 e. The van der Waals surface area contributed by atoms with Gasteiger partial charge in [0.25, 0.3) is 0 Å². The number of aromatic nitrogens is 3. The van der Waals surface area contributed by atoms with Crippen molar-refractivity contribution in [1.82, 2.24) is 15.0 Å². The summed E-state index contributed by atoms with van der Waals surface area (Å²) in [5.74, 6) is -0.00900. The van der Waals surface area contributed by atoms with E-state index in [0.29, 0.717) is 12.1 Å². The molecule has 0 fully saturated rings. The number of aryl methyl sites for hydroxylation is 1. The first-order chi connectivity index (χ1) is 10.6. The molecular formula is C18H17N3O. The molecule has 3 rings (SSSR count). The van der Waals surface area contributed by atoms with Gasteiger partial charge >= 0.3 is 0 Å². The van der Waals surface area contributed by atoms with Crippen LogP contribution in [0.25, 0.3) is 5.69 Å². The van der Waals surface area contributed by atoms with E-state index in [4.69, 9.17) is 0 Å². The summed E-state index contributed by atoms with van der Waals surface area (Å²) in [5.41, 5.74) is 4.25. The third-order valence-corrected chi connectivity index (χ3v) is 3.61. The fourth-order valence-electron chi connectivity index (χ4n) is 2.49. The van der Waals surface area contributed by atoms with Crippen LogP contribution in [-0.2, 0) is 6.42 Å². The Hall–Kier alpha value is -2.75. The first-order valence-electron chi connectivity index (χ1n) is 7.21. The lowest BCUT2D eigenvalue weighted by Gasteiger charge is -2.03. The Morgan fingerprint density at radius 2 is 1.82 bits per heavy atom. The Kier molecular flexibility index (Phi) is 3.83. The van der Waals surface area contributed by atoms with Crippen LogP contribution in [0.2, 0.25) is 0 Å². The summed E-state index contributed by atoms with van der Waals surface area (Å²) < 4.78 is 1.70. The van der Waals surface area contributed by atoms with Crippen LogP contribution in [0.15, 0.2) is 54.6 Å². The summed E-state index contributed by atoms with van der Waals surface area (Å²) in [4.78, 5) is 12.5. The minimum Gasteiger partial charge on any atom is -0.292 e. The summed E-state index contributed by atoms with van der Waals surface area (Å²) in [6.45, 7) is 3.89. The Labute approximate surface area is 129 Å². The highest BCUT2D eigenvalue weighted by molar-refractivity contribution is 5.96. The van der Waals surface area contributed by atoms with Gasteiger partial charge in [0, 0.05) is 6.42 Å². The van der Waals surface area contributed by atoms with Gasteiger partial charge in [0.15, 0.2) is 11.5 Å².